The van der Waals surface area contributed by atoms with Crippen LogP contribution in [-0.4, -0.2) is 8.42 Å². The second kappa shape index (κ2) is 7.06. The molecule has 0 aliphatic rings. The lowest BCUT2D eigenvalue weighted by Gasteiger charge is -2.07. The average molecular weight is 324 g/mol. The van der Waals surface area contributed by atoms with Crippen molar-refractivity contribution in [2.24, 2.45) is 5.73 Å². The molecule has 0 aliphatic carbocycles. The third-order valence-corrected chi connectivity index (χ3v) is 5.64. The van der Waals surface area contributed by atoms with E-state index >= 15 is 0 Å². The molecule has 0 bridgehead atoms. The van der Waals surface area contributed by atoms with Crippen LogP contribution in [0.2, 0.25) is 0 Å². The summed E-state index contributed by atoms with van der Waals surface area (Å²) in [6, 6.07) is 9.15. The van der Waals surface area contributed by atoms with Crippen molar-refractivity contribution in [2.45, 2.75) is 37.6 Å². The molecule has 0 amide bonds. The van der Waals surface area contributed by atoms with E-state index in [0.717, 1.165) is 24.1 Å². The lowest BCUT2D eigenvalue weighted by Crippen LogP contribution is -2.12. The molecule has 2 aromatic rings. The highest BCUT2D eigenvalue weighted by Gasteiger charge is 2.16. The van der Waals surface area contributed by atoms with Crippen LogP contribution in [0.4, 0.5) is 5.69 Å². The number of unbranched alkanes of at least 4 members (excludes halogenated alkanes) is 1. The maximum Gasteiger partial charge on any atom is 0.262 e. The Bertz CT molecular complexity index is 676. The van der Waals surface area contributed by atoms with Crippen molar-refractivity contribution in [3.63, 3.8) is 0 Å². The number of thiophene rings is 1. The smallest absolute Gasteiger partial charge is 0.262 e. The summed E-state index contributed by atoms with van der Waals surface area (Å²) in [6.45, 7) is 2.51. The molecular weight excluding hydrogens is 304 g/mol. The van der Waals surface area contributed by atoms with E-state index in [1.54, 1.807) is 23.6 Å². The Morgan fingerprint density at radius 2 is 1.95 bits per heavy atom. The van der Waals surface area contributed by atoms with Crippen LogP contribution in [0.5, 0.6) is 0 Å². The Morgan fingerprint density at radius 1 is 1.24 bits per heavy atom. The molecule has 1 aromatic heterocycles. The van der Waals surface area contributed by atoms with Crippen LogP contribution in [0, 0.1) is 0 Å². The lowest BCUT2D eigenvalue weighted by molar-refractivity contribution is 0.601. The van der Waals surface area contributed by atoms with Gasteiger partial charge in [0, 0.05) is 22.5 Å². The van der Waals surface area contributed by atoms with Crippen molar-refractivity contribution in [3.05, 3.63) is 46.2 Å². The van der Waals surface area contributed by atoms with Gasteiger partial charge in [-0.25, -0.2) is 8.42 Å². The van der Waals surface area contributed by atoms with E-state index in [1.807, 2.05) is 12.1 Å². The van der Waals surface area contributed by atoms with E-state index in [0.29, 0.717) is 12.2 Å². The van der Waals surface area contributed by atoms with Crippen LogP contribution in [0.1, 0.15) is 30.2 Å². The Kier molecular flexibility index (Phi) is 5.39. The van der Waals surface area contributed by atoms with E-state index in [4.69, 9.17) is 5.73 Å². The third-order valence-electron chi connectivity index (χ3n) is 3.17. The number of anilines is 1. The van der Waals surface area contributed by atoms with Crippen LogP contribution in [0.15, 0.2) is 40.6 Å². The zero-order chi connectivity index (χ0) is 15.3. The quantitative estimate of drug-likeness (QED) is 0.820. The third kappa shape index (κ3) is 4.30. The standard InChI is InChI=1S/C15H20N2O2S2/c1-2-3-4-12-5-7-13(8-6-12)17-21(18,19)15-9-14(10-16)20-11-15/h5-9,11,17H,2-4,10,16H2,1H3. The molecule has 0 saturated carbocycles. The normalized spacial score (nSPS) is 11.5. The molecule has 3 N–H and O–H groups in total. The monoisotopic (exact) mass is 324 g/mol. The minimum Gasteiger partial charge on any atom is -0.326 e. The Labute approximate surface area is 130 Å². The minimum atomic E-state index is -3.53. The topological polar surface area (TPSA) is 72.2 Å². The van der Waals surface area contributed by atoms with Gasteiger partial charge in [0.25, 0.3) is 10.0 Å². The fourth-order valence-electron chi connectivity index (χ4n) is 1.94. The number of hydrogen-bond donors (Lipinski definition) is 2. The molecule has 0 fully saturated rings. The van der Waals surface area contributed by atoms with E-state index in [-0.39, 0.29) is 4.90 Å². The Balaban J connectivity index is 2.09. The van der Waals surface area contributed by atoms with Gasteiger partial charge in [-0.15, -0.1) is 11.3 Å². The van der Waals surface area contributed by atoms with Gasteiger partial charge in [0.1, 0.15) is 0 Å². The number of aryl methyl sites for hydroxylation is 1. The molecule has 21 heavy (non-hydrogen) atoms. The predicted molar refractivity (Wildman–Crippen MR) is 88.1 cm³/mol. The number of benzene rings is 1. The zero-order valence-electron chi connectivity index (χ0n) is 12.0. The van der Waals surface area contributed by atoms with Gasteiger partial charge in [-0.2, -0.15) is 0 Å². The van der Waals surface area contributed by atoms with Gasteiger partial charge in [-0.1, -0.05) is 25.5 Å². The molecule has 0 saturated heterocycles. The highest BCUT2D eigenvalue weighted by atomic mass is 32.2. The van der Waals surface area contributed by atoms with E-state index < -0.39 is 10.0 Å². The van der Waals surface area contributed by atoms with Crippen LogP contribution in [0.3, 0.4) is 0 Å². The first-order valence-corrected chi connectivity index (χ1v) is 9.30. The summed E-state index contributed by atoms with van der Waals surface area (Å²) in [4.78, 5) is 1.12. The maximum absolute atomic E-state index is 12.2. The molecule has 6 heteroatoms. The van der Waals surface area contributed by atoms with Gasteiger partial charge < -0.3 is 5.73 Å². The summed E-state index contributed by atoms with van der Waals surface area (Å²) in [5.74, 6) is 0. The van der Waals surface area contributed by atoms with Gasteiger partial charge in [0.2, 0.25) is 0 Å². The minimum absolute atomic E-state index is 0.267. The highest BCUT2D eigenvalue weighted by Crippen LogP contribution is 2.22. The molecule has 4 nitrogen and oxygen atoms in total. The molecule has 1 heterocycles. The van der Waals surface area contributed by atoms with Gasteiger partial charge in [-0.05, 0) is 36.6 Å². The molecule has 1 aromatic carbocycles. The maximum atomic E-state index is 12.2. The molecule has 114 valence electrons. The van der Waals surface area contributed by atoms with Crippen LogP contribution in [-0.2, 0) is 23.0 Å². The molecule has 0 radical (unpaired) electrons. The van der Waals surface area contributed by atoms with Crippen molar-refractivity contribution in [2.75, 3.05) is 4.72 Å². The lowest BCUT2D eigenvalue weighted by atomic mass is 10.1. The van der Waals surface area contributed by atoms with Crippen molar-refractivity contribution in [1.29, 1.82) is 0 Å². The number of hydrogen-bond acceptors (Lipinski definition) is 4. The fourth-order valence-corrected chi connectivity index (χ4v) is 4.16. The SMILES string of the molecule is CCCCc1ccc(NS(=O)(=O)c2csc(CN)c2)cc1. The van der Waals surface area contributed by atoms with Crippen molar-refractivity contribution < 1.29 is 8.42 Å². The van der Waals surface area contributed by atoms with E-state index in [1.165, 1.54) is 16.9 Å². The predicted octanol–water partition coefficient (Wildman–Crippen LogP) is 3.35. The first-order chi connectivity index (χ1) is 10.0. The van der Waals surface area contributed by atoms with E-state index in [2.05, 4.69) is 11.6 Å². The molecule has 2 rings (SSSR count). The van der Waals surface area contributed by atoms with Crippen molar-refractivity contribution >= 4 is 27.0 Å². The largest absolute Gasteiger partial charge is 0.326 e. The first-order valence-electron chi connectivity index (χ1n) is 6.94. The number of rotatable bonds is 7. The molecule has 0 atom stereocenters. The molecule has 0 aliphatic heterocycles. The summed E-state index contributed by atoms with van der Waals surface area (Å²) >= 11 is 1.35. The second-order valence-corrected chi connectivity index (χ2v) is 7.54. The summed E-state index contributed by atoms with van der Waals surface area (Å²) in [5.41, 5.74) is 7.31. The van der Waals surface area contributed by atoms with Crippen molar-refractivity contribution in [3.8, 4) is 0 Å². The van der Waals surface area contributed by atoms with Crippen LogP contribution >= 0.6 is 11.3 Å². The summed E-state index contributed by atoms with van der Waals surface area (Å²) in [7, 11) is -3.53. The Morgan fingerprint density at radius 3 is 2.52 bits per heavy atom. The number of nitrogens with two attached hydrogens (primary N) is 1. The van der Waals surface area contributed by atoms with Gasteiger partial charge in [-0.3, -0.25) is 4.72 Å². The first kappa shape index (κ1) is 16.0. The number of nitrogens with one attached hydrogen (secondary N) is 1. The van der Waals surface area contributed by atoms with E-state index in [9.17, 15) is 8.42 Å². The molecular formula is C15H20N2O2S2. The second-order valence-electron chi connectivity index (χ2n) is 4.86. The van der Waals surface area contributed by atoms with Crippen LogP contribution in [0.25, 0.3) is 0 Å². The van der Waals surface area contributed by atoms with Gasteiger partial charge in [0.05, 0.1) is 4.90 Å². The van der Waals surface area contributed by atoms with Crippen molar-refractivity contribution in [1.82, 2.24) is 0 Å². The highest BCUT2D eigenvalue weighted by molar-refractivity contribution is 7.92. The summed E-state index contributed by atoms with van der Waals surface area (Å²) in [5, 5.41) is 1.61. The number of sulfonamides is 1. The van der Waals surface area contributed by atoms with Crippen LogP contribution < -0.4 is 10.5 Å². The zero-order valence-corrected chi connectivity index (χ0v) is 13.6. The Hall–Kier alpha value is -1.37. The summed E-state index contributed by atoms with van der Waals surface area (Å²) in [6.07, 6.45) is 3.31. The molecule has 0 spiro atoms. The van der Waals surface area contributed by atoms with Gasteiger partial charge in [0.15, 0.2) is 0 Å². The summed E-state index contributed by atoms with van der Waals surface area (Å²) < 4.78 is 27.1. The van der Waals surface area contributed by atoms with Gasteiger partial charge >= 0.3 is 0 Å². The molecule has 0 unspecified atom stereocenters. The average Bonchev–Trinajstić information content (AvgIpc) is 2.96. The fraction of sp³-hybridized carbons (Fsp3) is 0.333.